The fourth-order valence-corrected chi connectivity index (χ4v) is 0.472. The Labute approximate surface area is 80.2 Å². The maximum atomic E-state index is 8.77. The Hall–Kier alpha value is 0.279. The zero-order valence-electron chi connectivity index (χ0n) is 6.24. The van der Waals surface area contributed by atoms with E-state index < -0.39 is 31.5 Å². The van der Waals surface area contributed by atoms with Gasteiger partial charge < -0.3 is 31.0 Å². The first kappa shape index (κ1) is 18.1. The minimum Gasteiger partial charge on any atom is -0.412 e. The van der Waals surface area contributed by atoms with Gasteiger partial charge in [-0.15, -0.1) is 0 Å². The zero-order chi connectivity index (χ0) is 8.15. The first-order chi connectivity index (χ1) is 4.63. The summed E-state index contributed by atoms with van der Waals surface area (Å²) in [6.45, 7) is -1.28. The van der Waals surface area contributed by atoms with Crippen LogP contribution in [-0.2, 0) is 17.1 Å². The molecule has 78 valence electrons. The molecule has 0 heterocycles. The van der Waals surface area contributed by atoms with Gasteiger partial charge in [-0.1, -0.05) is 0 Å². The van der Waals surface area contributed by atoms with E-state index in [0.717, 1.165) is 0 Å². The standard InChI is InChI=1S/C5H12O5.Fe.H2O/c6-1-3(8)5(10)4(9)2-7;;/h3-10H,1-2H2;;1H2/t3-,4+,5+;;. The Kier molecular flexibility index (Phi) is 14.2. The normalized spacial score (nSPS) is 16.8. The summed E-state index contributed by atoms with van der Waals surface area (Å²) in [7, 11) is 0. The SMILES string of the molecule is O.OC[C@@H](O)[C@H](O)[C@@H](O)CO.[Fe]. The Balaban J connectivity index is -0.000000405. The van der Waals surface area contributed by atoms with E-state index in [1.54, 1.807) is 0 Å². The molecule has 0 amide bonds. The molecule has 0 rings (SSSR count). The number of hydrogen-bond donors (Lipinski definition) is 5. The molecule has 7 heteroatoms. The van der Waals surface area contributed by atoms with E-state index in [-0.39, 0.29) is 22.5 Å². The molecule has 0 unspecified atom stereocenters. The monoisotopic (exact) mass is 226 g/mol. The molecule has 0 aromatic heterocycles. The van der Waals surface area contributed by atoms with Crippen molar-refractivity contribution in [2.45, 2.75) is 18.3 Å². The van der Waals surface area contributed by atoms with Gasteiger partial charge in [-0.3, -0.25) is 0 Å². The van der Waals surface area contributed by atoms with Crippen molar-refractivity contribution >= 4 is 0 Å². The van der Waals surface area contributed by atoms with Gasteiger partial charge in [0.25, 0.3) is 0 Å². The van der Waals surface area contributed by atoms with Crippen molar-refractivity contribution in [1.29, 1.82) is 0 Å². The van der Waals surface area contributed by atoms with Gasteiger partial charge in [-0.2, -0.15) is 0 Å². The minimum absolute atomic E-state index is 0. The van der Waals surface area contributed by atoms with E-state index in [1.807, 2.05) is 0 Å². The first-order valence-corrected chi connectivity index (χ1v) is 2.89. The number of aliphatic hydroxyl groups excluding tert-OH is 5. The fourth-order valence-electron chi connectivity index (χ4n) is 0.472. The molecule has 0 aliphatic carbocycles. The van der Waals surface area contributed by atoms with Crippen molar-refractivity contribution in [3.8, 4) is 0 Å². The van der Waals surface area contributed by atoms with Gasteiger partial charge in [0.15, 0.2) is 0 Å². The van der Waals surface area contributed by atoms with Crippen LogP contribution in [0.15, 0.2) is 0 Å². The van der Waals surface area contributed by atoms with Crippen molar-refractivity contribution in [1.82, 2.24) is 0 Å². The molecule has 12 heavy (non-hydrogen) atoms. The summed E-state index contributed by atoms with van der Waals surface area (Å²) in [5.74, 6) is 0. The molecule has 0 aromatic carbocycles. The summed E-state index contributed by atoms with van der Waals surface area (Å²) in [6, 6.07) is 0. The second-order valence-corrected chi connectivity index (χ2v) is 1.99. The van der Waals surface area contributed by atoms with Crippen LogP contribution in [0.1, 0.15) is 0 Å². The average Bonchev–Trinajstić information content (AvgIpc) is 2.00. The summed E-state index contributed by atoms with van der Waals surface area (Å²) in [5.41, 5.74) is 0. The molecule has 0 fully saturated rings. The summed E-state index contributed by atoms with van der Waals surface area (Å²) >= 11 is 0. The Morgan fingerprint density at radius 1 is 0.833 bits per heavy atom. The van der Waals surface area contributed by atoms with E-state index in [4.69, 9.17) is 25.5 Å². The van der Waals surface area contributed by atoms with E-state index >= 15 is 0 Å². The Morgan fingerprint density at radius 2 is 1.08 bits per heavy atom. The maximum Gasteiger partial charge on any atom is 0.110 e. The predicted molar refractivity (Wildman–Crippen MR) is 35.8 cm³/mol. The average molecular weight is 226 g/mol. The van der Waals surface area contributed by atoms with Crippen molar-refractivity contribution in [3.05, 3.63) is 0 Å². The molecule has 0 saturated heterocycles. The summed E-state index contributed by atoms with van der Waals surface area (Å²) in [5, 5.41) is 42.6. The van der Waals surface area contributed by atoms with Gasteiger partial charge in [-0.05, 0) is 0 Å². The van der Waals surface area contributed by atoms with Crippen LogP contribution in [0.3, 0.4) is 0 Å². The number of rotatable bonds is 4. The molecule has 0 radical (unpaired) electrons. The van der Waals surface area contributed by atoms with E-state index in [1.165, 1.54) is 0 Å². The molecule has 0 aliphatic rings. The molecular weight excluding hydrogens is 212 g/mol. The molecule has 0 saturated carbocycles. The largest absolute Gasteiger partial charge is 0.412 e. The van der Waals surface area contributed by atoms with Gasteiger partial charge in [0, 0.05) is 17.1 Å². The summed E-state index contributed by atoms with van der Waals surface area (Å²) < 4.78 is 0. The van der Waals surface area contributed by atoms with Crippen LogP contribution in [0, 0.1) is 0 Å². The van der Waals surface area contributed by atoms with Crippen LogP contribution >= 0.6 is 0 Å². The molecule has 0 aliphatic heterocycles. The number of hydrogen-bond acceptors (Lipinski definition) is 5. The Bertz CT molecular complexity index is 82.0. The van der Waals surface area contributed by atoms with Gasteiger partial charge in [-0.25, -0.2) is 0 Å². The predicted octanol–water partition coefficient (Wildman–Crippen LogP) is -3.77. The van der Waals surface area contributed by atoms with Crippen LogP contribution in [0.2, 0.25) is 0 Å². The van der Waals surface area contributed by atoms with E-state index in [2.05, 4.69) is 0 Å². The van der Waals surface area contributed by atoms with Gasteiger partial charge in [0.1, 0.15) is 18.3 Å². The quantitative estimate of drug-likeness (QED) is 0.314. The van der Waals surface area contributed by atoms with E-state index in [0.29, 0.717) is 0 Å². The van der Waals surface area contributed by atoms with Crippen LogP contribution in [0.25, 0.3) is 0 Å². The first-order valence-electron chi connectivity index (χ1n) is 2.89. The second kappa shape index (κ2) is 9.37. The van der Waals surface area contributed by atoms with Crippen molar-refractivity contribution in [2.75, 3.05) is 13.2 Å². The van der Waals surface area contributed by atoms with Crippen LogP contribution in [0.5, 0.6) is 0 Å². The number of aliphatic hydroxyl groups is 5. The molecule has 6 nitrogen and oxygen atoms in total. The van der Waals surface area contributed by atoms with Crippen LogP contribution < -0.4 is 0 Å². The Morgan fingerprint density at radius 3 is 1.25 bits per heavy atom. The third-order valence-corrected chi connectivity index (χ3v) is 1.16. The van der Waals surface area contributed by atoms with Gasteiger partial charge in [0.2, 0.25) is 0 Å². The van der Waals surface area contributed by atoms with Crippen LogP contribution in [-0.4, -0.2) is 62.5 Å². The van der Waals surface area contributed by atoms with E-state index in [9.17, 15) is 0 Å². The van der Waals surface area contributed by atoms with Crippen molar-refractivity contribution in [3.63, 3.8) is 0 Å². The van der Waals surface area contributed by atoms with Gasteiger partial charge in [0.05, 0.1) is 13.2 Å². The fraction of sp³-hybridized carbons (Fsp3) is 1.00. The molecule has 0 spiro atoms. The van der Waals surface area contributed by atoms with Crippen molar-refractivity contribution in [2.24, 2.45) is 0 Å². The second-order valence-electron chi connectivity index (χ2n) is 1.99. The maximum absolute atomic E-state index is 8.77. The third kappa shape index (κ3) is 5.87. The topological polar surface area (TPSA) is 133 Å². The van der Waals surface area contributed by atoms with Crippen molar-refractivity contribution < 1.29 is 48.1 Å². The molecular formula is C5H14FeO6. The van der Waals surface area contributed by atoms with Crippen LogP contribution in [0.4, 0.5) is 0 Å². The minimum atomic E-state index is -1.49. The molecule has 0 bridgehead atoms. The molecule has 0 aromatic rings. The summed E-state index contributed by atoms with van der Waals surface area (Å²) in [4.78, 5) is 0. The summed E-state index contributed by atoms with van der Waals surface area (Å²) in [6.07, 6.45) is -4.29. The molecule has 7 N–H and O–H groups in total. The van der Waals surface area contributed by atoms with Gasteiger partial charge >= 0.3 is 0 Å². The molecule has 3 atom stereocenters. The smallest absolute Gasteiger partial charge is 0.110 e. The zero-order valence-corrected chi connectivity index (χ0v) is 7.34. The third-order valence-electron chi connectivity index (χ3n) is 1.16.